The van der Waals surface area contributed by atoms with E-state index in [1.165, 1.54) is 6.92 Å². The molecule has 0 spiro atoms. The van der Waals surface area contributed by atoms with Gasteiger partial charge in [0, 0.05) is 0 Å². The molecule has 2 rings (SSSR count). The minimum atomic E-state index is -0.765. The molecule has 0 amide bonds. The Hall–Kier alpha value is -1.76. The van der Waals surface area contributed by atoms with Gasteiger partial charge in [0.1, 0.15) is 31.0 Å². The van der Waals surface area contributed by atoms with E-state index in [9.17, 15) is 9.59 Å². The smallest absolute Gasteiger partial charge is 0.313 e. The van der Waals surface area contributed by atoms with Gasteiger partial charge in [-0.25, -0.2) is 0 Å². The van der Waals surface area contributed by atoms with Gasteiger partial charge >= 0.3 is 5.97 Å². The number of esters is 1. The van der Waals surface area contributed by atoms with Crippen LogP contribution in [0.4, 0.5) is 0 Å². The SMILES string of the molecule is CC(=O)CC(=O)OC[C@H]1OC(C)(C)O[C@@H]1COCc1ccccc1. The summed E-state index contributed by atoms with van der Waals surface area (Å²) in [6.45, 7) is 5.78. The molecule has 1 aliphatic heterocycles. The number of rotatable bonds is 8. The van der Waals surface area contributed by atoms with Crippen LogP contribution in [0.3, 0.4) is 0 Å². The Bertz CT molecular complexity index is 554. The number of ether oxygens (including phenoxy) is 4. The first-order valence-corrected chi connectivity index (χ1v) is 7.98. The van der Waals surface area contributed by atoms with Crippen molar-refractivity contribution < 1.29 is 28.5 Å². The Kier molecular flexibility index (Phi) is 6.48. The van der Waals surface area contributed by atoms with E-state index in [4.69, 9.17) is 18.9 Å². The lowest BCUT2D eigenvalue weighted by molar-refractivity contribution is -0.161. The van der Waals surface area contributed by atoms with Crippen molar-refractivity contribution in [1.82, 2.24) is 0 Å². The highest BCUT2D eigenvalue weighted by molar-refractivity contribution is 5.94. The van der Waals surface area contributed by atoms with Crippen molar-refractivity contribution in [2.45, 2.75) is 51.8 Å². The molecule has 6 heteroatoms. The number of hydrogen-bond donors (Lipinski definition) is 0. The zero-order valence-corrected chi connectivity index (χ0v) is 14.3. The number of carbonyl (C=O) groups is 2. The second-order valence-corrected chi connectivity index (χ2v) is 6.27. The van der Waals surface area contributed by atoms with Crippen molar-refractivity contribution in [3.8, 4) is 0 Å². The third-order valence-corrected chi connectivity index (χ3v) is 3.48. The fourth-order valence-corrected chi connectivity index (χ4v) is 2.49. The normalized spacial score (nSPS) is 22.3. The first-order valence-electron chi connectivity index (χ1n) is 7.98. The van der Waals surface area contributed by atoms with Crippen molar-refractivity contribution in [2.75, 3.05) is 13.2 Å². The van der Waals surface area contributed by atoms with E-state index in [1.807, 2.05) is 30.3 Å². The molecule has 0 radical (unpaired) electrons. The maximum Gasteiger partial charge on any atom is 0.313 e. The first-order chi connectivity index (χ1) is 11.4. The van der Waals surface area contributed by atoms with Crippen molar-refractivity contribution in [3.63, 3.8) is 0 Å². The van der Waals surface area contributed by atoms with E-state index in [2.05, 4.69) is 0 Å². The zero-order chi connectivity index (χ0) is 17.6. The van der Waals surface area contributed by atoms with Gasteiger partial charge in [-0.3, -0.25) is 9.59 Å². The molecule has 1 heterocycles. The molecular formula is C18H24O6. The van der Waals surface area contributed by atoms with Crippen LogP contribution in [0.1, 0.15) is 32.8 Å². The van der Waals surface area contributed by atoms with Crippen LogP contribution in [0.5, 0.6) is 0 Å². The lowest BCUT2D eigenvalue weighted by atomic mass is 10.2. The summed E-state index contributed by atoms with van der Waals surface area (Å²) in [6.07, 6.45) is -0.993. The van der Waals surface area contributed by atoms with Gasteiger partial charge in [0.2, 0.25) is 0 Å². The minimum absolute atomic E-state index is 0.0366. The van der Waals surface area contributed by atoms with E-state index in [0.29, 0.717) is 13.2 Å². The van der Waals surface area contributed by atoms with E-state index in [0.717, 1.165) is 5.56 Å². The monoisotopic (exact) mass is 336 g/mol. The molecular weight excluding hydrogens is 312 g/mol. The van der Waals surface area contributed by atoms with Gasteiger partial charge in [0.05, 0.1) is 13.2 Å². The number of hydrogen-bond acceptors (Lipinski definition) is 6. The molecule has 0 aliphatic carbocycles. The Morgan fingerprint density at radius 3 is 2.33 bits per heavy atom. The molecule has 1 aromatic rings. The predicted molar refractivity (Wildman–Crippen MR) is 86.2 cm³/mol. The van der Waals surface area contributed by atoms with Crippen molar-refractivity contribution in [1.29, 1.82) is 0 Å². The van der Waals surface area contributed by atoms with Gasteiger partial charge in [-0.05, 0) is 26.3 Å². The van der Waals surface area contributed by atoms with Gasteiger partial charge in [-0.2, -0.15) is 0 Å². The highest BCUT2D eigenvalue weighted by Crippen LogP contribution is 2.28. The Labute approximate surface area is 142 Å². The Morgan fingerprint density at radius 1 is 1.08 bits per heavy atom. The average Bonchev–Trinajstić information content (AvgIpc) is 2.80. The van der Waals surface area contributed by atoms with Crippen LogP contribution in [0.2, 0.25) is 0 Å². The summed E-state index contributed by atoms with van der Waals surface area (Å²) in [6, 6.07) is 9.82. The zero-order valence-electron chi connectivity index (χ0n) is 14.3. The molecule has 132 valence electrons. The number of Topliss-reactive ketones (excluding diaryl/α,β-unsaturated/α-hetero) is 1. The minimum Gasteiger partial charge on any atom is -0.462 e. The van der Waals surface area contributed by atoms with Crippen LogP contribution in [0.25, 0.3) is 0 Å². The summed E-state index contributed by atoms with van der Waals surface area (Å²) < 4.78 is 22.4. The predicted octanol–water partition coefficient (Wildman–Crippen LogP) is 2.25. The Balaban J connectivity index is 1.81. The van der Waals surface area contributed by atoms with Crippen molar-refractivity contribution >= 4 is 11.8 Å². The number of benzene rings is 1. The Morgan fingerprint density at radius 2 is 1.71 bits per heavy atom. The van der Waals surface area contributed by atoms with Crippen molar-refractivity contribution in [2.24, 2.45) is 0 Å². The molecule has 0 unspecified atom stereocenters. The molecule has 0 bridgehead atoms. The van der Waals surface area contributed by atoms with E-state index in [-0.39, 0.29) is 24.9 Å². The van der Waals surface area contributed by atoms with Gasteiger partial charge in [0.15, 0.2) is 5.79 Å². The highest BCUT2D eigenvalue weighted by atomic mass is 16.8. The van der Waals surface area contributed by atoms with Gasteiger partial charge < -0.3 is 18.9 Å². The lowest BCUT2D eigenvalue weighted by Crippen LogP contribution is -2.32. The molecule has 6 nitrogen and oxygen atoms in total. The summed E-state index contributed by atoms with van der Waals surface area (Å²) in [5.41, 5.74) is 1.07. The maximum absolute atomic E-state index is 11.5. The lowest BCUT2D eigenvalue weighted by Gasteiger charge is -2.17. The number of carbonyl (C=O) groups excluding carboxylic acids is 2. The average molecular weight is 336 g/mol. The van der Waals surface area contributed by atoms with Crippen LogP contribution < -0.4 is 0 Å². The second kappa shape index (κ2) is 8.37. The topological polar surface area (TPSA) is 71.1 Å². The van der Waals surface area contributed by atoms with E-state index in [1.54, 1.807) is 13.8 Å². The molecule has 1 fully saturated rings. The summed E-state index contributed by atoms with van der Waals surface area (Å²) in [7, 11) is 0. The summed E-state index contributed by atoms with van der Waals surface area (Å²) >= 11 is 0. The van der Waals surface area contributed by atoms with Gasteiger partial charge in [0.25, 0.3) is 0 Å². The summed E-state index contributed by atoms with van der Waals surface area (Å²) in [5, 5.41) is 0. The maximum atomic E-state index is 11.5. The fraction of sp³-hybridized carbons (Fsp3) is 0.556. The standard InChI is InChI=1S/C18H24O6/c1-13(19)9-17(20)22-12-16-15(23-18(2,3)24-16)11-21-10-14-7-5-4-6-8-14/h4-8,15-16H,9-12H2,1-3H3/t15-,16-/m1/s1. The second-order valence-electron chi connectivity index (χ2n) is 6.27. The van der Waals surface area contributed by atoms with Crippen LogP contribution >= 0.6 is 0 Å². The quantitative estimate of drug-likeness (QED) is 0.536. The van der Waals surface area contributed by atoms with Gasteiger partial charge in [-0.1, -0.05) is 30.3 Å². The molecule has 0 N–H and O–H groups in total. The van der Waals surface area contributed by atoms with E-state index >= 15 is 0 Å². The third kappa shape index (κ3) is 6.03. The highest BCUT2D eigenvalue weighted by Gasteiger charge is 2.42. The van der Waals surface area contributed by atoms with Crippen LogP contribution in [-0.4, -0.2) is 43.0 Å². The van der Waals surface area contributed by atoms with Crippen molar-refractivity contribution in [3.05, 3.63) is 35.9 Å². The molecule has 1 saturated heterocycles. The molecule has 24 heavy (non-hydrogen) atoms. The molecule has 0 saturated carbocycles. The number of ketones is 1. The van der Waals surface area contributed by atoms with Crippen LogP contribution in [0, 0.1) is 0 Å². The summed E-state index contributed by atoms with van der Waals surface area (Å²) in [4.78, 5) is 22.4. The van der Waals surface area contributed by atoms with Gasteiger partial charge in [-0.15, -0.1) is 0 Å². The molecule has 1 aromatic carbocycles. The largest absolute Gasteiger partial charge is 0.462 e. The first kappa shape index (κ1) is 18.6. The van der Waals surface area contributed by atoms with Crippen LogP contribution in [-0.2, 0) is 35.1 Å². The third-order valence-electron chi connectivity index (χ3n) is 3.48. The molecule has 0 aromatic heterocycles. The molecule has 1 aliphatic rings. The summed E-state index contributed by atoms with van der Waals surface area (Å²) in [5.74, 6) is -1.55. The van der Waals surface area contributed by atoms with E-state index < -0.39 is 17.9 Å². The van der Waals surface area contributed by atoms with Crippen LogP contribution in [0.15, 0.2) is 30.3 Å². The fourth-order valence-electron chi connectivity index (χ4n) is 2.49. The molecule has 2 atom stereocenters.